The van der Waals surface area contributed by atoms with Crippen molar-refractivity contribution in [2.75, 3.05) is 38.3 Å². The molecule has 0 atom stereocenters. The van der Waals surface area contributed by atoms with Crippen molar-refractivity contribution in [3.63, 3.8) is 0 Å². The fraction of sp³-hybridized carbons (Fsp3) is 0.562. The van der Waals surface area contributed by atoms with E-state index in [9.17, 15) is 12.8 Å². The number of aryl methyl sites for hydroxylation is 1. The molecule has 0 aliphatic carbocycles. The Balaban J connectivity index is 0.00000576. The molecule has 0 bridgehead atoms. The van der Waals surface area contributed by atoms with Crippen molar-refractivity contribution < 1.29 is 17.5 Å². The van der Waals surface area contributed by atoms with Gasteiger partial charge in [0.1, 0.15) is 15.7 Å². The van der Waals surface area contributed by atoms with Crippen LogP contribution in [-0.4, -0.2) is 52.7 Å². The van der Waals surface area contributed by atoms with Crippen LogP contribution in [0.1, 0.15) is 18.1 Å². The average Bonchev–Trinajstić information content (AvgIpc) is 2.50. The van der Waals surface area contributed by atoms with Gasteiger partial charge in [0, 0.05) is 19.3 Å². The molecule has 0 unspecified atom stereocenters. The van der Waals surface area contributed by atoms with E-state index in [0.29, 0.717) is 37.8 Å². The number of hydrogen-bond acceptors (Lipinski definition) is 4. The molecule has 0 fully saturated rings. The quantitative estimate of drug-likeness (QED) is 0.241. The lowest BCUT2D eigenvalue weighted by Crippen LogP contribution is -2.39. The van der Waals surface area contributed by atoms with Gasteiger partial charge in [-0.3, -0.25) is 0 Å². The highest BCUT2D eigenvalue weighted by molar-refractivity contribution is 14.0. The predicted molar refractivity (Wildman–Crippen MR) is 110 cm³/mol. The van der Waals surface area contributed by atoms with Crippen LogP contribution in [-0.2, 0) is 21.1 Å². The fourth-order valence-corrected chi connectivity index (χ4v) is 2.29. The minimum Gasteiger partial charge on any atom is -0.379 e. The maximum Gasteiger partial charge on any atom is 0.191 e. The van der Waals surface area contributed by atoms with Crippen molar-refractivity contribution in [2.45, 2.75) is 20.4 Å². The van der Waals surface area contributed by atoms with Gasteiger partial charge in [-0.25, -0.2) is 17.8 Å². The van der Waals surface area contributed by atoms with Crippen LogP contribution >= 0.6 is 24.0 Å². The number of sulfone groups is 1. The summed E-state index contributed by atoms with van der Waals surface area (Å²) in [6.07, 6.45) is 1.18. The van der Waals surface area contributed by atoms with E-state index in [-0.39, 0.29) is 42.2 Å². The normalized spacial score (nSPS) is 11.8. The van der Waals surface area contributed by atoms with Gasteiger partial charge < -0.3 is 15.4 Å². The molecule has 9 heteroatoms. The third kappa shape index (κ3) is 11.3. The number of hydrogen-bond donors (Lipinski definition) is 2. The van der Waals surface area contributed by atoms with E-state index in [1.807, 2.05) is 6.92 Å². The maximum absolute atomic E-state index is 13.2. The van der Waals surface area contributed by atoms with E-state index >= 15 is 0 Å². The van der Waals surface area contributed by atoms with Crippen molar-refractivity contribution in [1.82, 2.24) is 10.6 Å². The van der Waals surface area contributed by atoms with Gasteiger partial charge in [0.05, 0.1) is 25.5 Å². The Morgan fingerprint density at radius 1 is 1.28 bits per heavy atom. The smallest absolute Gasteiger partial charge is 0.191 e. The number of rotatable bonds is 9. The van der Waals surface area contributed by atoms with Crippen LogP contribution < -0.4 is 10.6 Å². The summed E-state index contributed by atoms with van der Waals surface area (Å²) in [6, 6.07) is 4.93. The van der Waals surface area contributed by atoms with Gasteiger partial charge in [-0.2, -0.15) is 0 Å². The fourth-order valence-electron chi connectivity index (χ4n) is 1.87. The van der Waals surface area contributed by atoms with Gasteiger partial charge in [-0.15, -0.1) is 24.0 Å². The van der Waals surface area contributed by atoms with Crippen LogP contribution in [0, 0.1) is 12.7 Å². The van der Waals surface area contributed by atoms with E-state index in [1.165, 1.54) is 12.3 Å². The summed E-state index contributed by atoms with van der Waals surface area (Å²) in [5.41, 5.74) is 1.52. The largest absolute Gasteiger partial charge is 0.379 e. The molecule has 1 aromatic carbocycles. The van der Waals surface area contributed by atoms with E-state index in [1.54, 1.807) is 19.1 Å². The minimum absolute atomic E-state index is 0. The predicted octanol–water partition coefficient (Wildman–Crippen LogP) is 1.87. The Hall–Kier alpha value is -0.940. The first kappa shape index (κ1) is 24.1. The van der Waals surface area contributed by atoms with Crippen LogP contribution in [0.25, 0.3) is 0 Å². The third-order valence-corrected chi connectivity index (χ3v) is 4.03. The SMILES string of the molecule is CCNC(=NCc1ccc(F)c(C)c1)NCCOCCS(C)(=O)=O.I. The molecule has 2 N–H and O–H groups in total. The van der Waals surface area contributed by atoms with E-state index in [4.69, 9.17) is 4.74 Å². The summed E-state index contributed by atoms with van der Waals surface area (Å²) in [6.45, 7) is 5.91. The molecule has 25 heavy (non-hydrogen) atoms. The van der Waals surface area contributed by atoms with E-state index in [2.05, 4.69) is 15.6 Å². The molecule has 0 radical (unpaired) electrons. The zero-order valence-electron chi connectivity index (χ0n) is 14.8. The summed E-state index contributed by atoms with van der Waals surface area (Å²) in [5, 5.41) is 6.21. The molecule has 0 aliphatic heterocycles. The Bertz CT molecular complexity index is 654. The zero-order valence-corrected chi connectivity index (χ0v) is 18.0. The summed E-state index contributed by atoms with van der Waals surface area (Å²) < 4.78 is 40.5. The molecular weight excluding hydrogens is 460 g/mol. The van der Waals surface area contributed by atoms with Crippen molar-refractivity contribution in [2.24, 2.45) is 4.99 Å². The standard InChI is InChI=1S/C16H26FN3O3S.HI/c1-4-18-16(19-7-8-23-9-10-24(3,21)22)20-12-14-5-6-15(17)13(2)11-14;/h5-6,11H,4,7-10,12H2,1-3H3,(H2,18,19,20);1H. The summed E-state index contributed by atoms with van der Waals surface area (Å²) >= 11 is 0. The van der Waals surface area contributed by atoms with Crippen molar-refractivity contribution in [3.05, 3.63) is 35.1 Å². The first-order valence-electron chi connectivity index (χ1n) is 7.84. The number of nitrogens with zero attached hydrogens (tertiary/aromatic N) is 1. The number of guanidine groups is 1. The van der Waals surface area contributed by atoms with Crippen molar-refractivity contribution in [1.29, 1.82) is 0 Å². The van der Waals surface area contributed by atoms with Gasteiger partial charge in [0.25, 0.3) is 0 Å². The van der Waals surface area contributed by atoms with Gasteiger partial charge >= 0.3 is 0 Å². The molecule has 144 valence electrons. The highest BCUT2D eigenvalue weighted by Crippen LogP contribution is 2.09. The van der Waals surface area contributed by atoms with Crippen LogP contribution in [0.5, 0.6) is 0 Å². The zero-order chi connectivity index (χ0) is 18.0. The summed E-state index contributed by atoms with van der Waals surface area (Å²) in [4.78, 5) is 4.43. The highest BCUT2D eigenvalue weighted by Gasteiger charge is 2.02. The number of aliphatic imine (C=N–C) groups is 1. The van der Waals surface area contributed by atoms with E-state index < -0.39 is 9.84 Å². The second-order valence-corrected chi connectivity index (χ2v) is 7.71. The number of halogens is 2. The maximum atomic E-state index is 13.2. The molecule has 0 aromatic heterocycles. The number of nitrogens with one attached hydrogen (secondary N) is 2. The van der Waals surface area contributed by atoms with Gasteiger partial charge in [0.2, 0.25) is 0 Å². The first-order chi connectivity index (χ1) is 11.3. The molecule has 0 spiro atoms. The molecule has 1 aromatic rings. The molecule has 0 saturated carbocycles. The lowest BCUT2D eigenvalue weighted by atomic mass is 10.1. The molecule has 1 rings (SSSR count). The molecule has 0 amide bonds. The topological polar surface area (TPSA) is 79.8 Å². The van der Waals surface area contributed by atoms with Gasteiger partial charge in [0.15, 0.2) is 5.96 Å². The summed E-state index contributed by atoms with van der Waals surface area (Å²) in [7, 11) is -2.99. The van der Waals surface area contributed by atoms with Crippen molar-refractivity contribution >= 4 is 39.8 Å². The Kier molecular flexibility index (Phi) is 12.0. The molecule has 0 heterocycles. The number of ether oxygens (including phenoxy) is 1. The minimum atomic E-state index is -2.99. The average molecular weight is 487 g/mol. The monoisotopic (exact) mass is 487 g/mol. The molecule has 0 aliphatic rings. The van der Waals surface area contributed by atoms with Crippen LogP contribution in [0.15, 0.2) is 23.2 Å². The van der Waals surface area contributed by atoms with Crippen LogP contribution in [0.3, 0.4) is 0 Å². The Labute approximate surface area is 166 Å². The first-order valence-corrected chi connectivity index (χ1v) is 9.90. The molecule has 0 saturated heterocycles. The second kappa shape index (κ2) is 12.4. The highest BCUT2D eigenvalue weighted by atomic mass is 127. The van der Waals surface area contributed by atoms with Gasteiger partial charge in [-0.05, 0) is 31.0 Å². The lowest BCUT2D eigenvalue weighted by molar-refractivity contribution is 0.154. The van der Waals surface area contributed by atoms with Gasteiger partial charge in [-0.1, -0.05) is 12.1 Å². The van der Waals surface area contributed by atoms with Crippen LogP contribution in [0.2, 0.25) is 0 Å². The summed E-state index contributed by atoms with van der Waals surface area (Å²) in [5.74, 6) is 0.427. The van der Waals surface area contributed by atoms with E-state index in [0.717, 1.165) is 5.56 Å². The third-order valence-electron chi connectivity index (χ3n) is 3.12. The Morgan fingerprint density at radius 2 is 2.00 bits per heavy atom. The molecule has 6 nitrogen and oxygen atoms in total. The van der Waals surface area contributed by atoms with Crippen LogP contribution in [0.4, 0.5) is 4.39 Å². The number of benzene rings is 1. The Morgan fingerprint density at radius 3 is 2.60 bits per heavy atom. The lowest BCUT2D eigenvalue weighted by Gasteiger charge is -2.11. The second-order valence-electron chi connectivity index (χ2n) is 5.45. The molecular formula is C16H27FIN3O3S. The van der Waals surface area contributed by atoms with Crippen molar-refractivity contribution in [3.8, 4) is 0 Å².